The highest BCUT2D eigenvalue weighted by molar-refractivity contribution is 7.93. The van der Waals surface area contributed by atoms with Crippen molar-refractivity contribution in [3.05, 3.63) is 65.2 Å². The molecule has 3 aromatic rings. The number of hydrogen-bond acceptors (Lipinski definition) is 9. The van der Waals surface area contributed by atoms with Crippen LogP contribution >= 0.6 is 11.3 Å². The molecule has 0 aliphatic carbocycles. The van der Waals surface area contributed by atoms with Crippen molar-refractivity contribution in [2.45, 2.75) is 24.6 Å². The maximum Gasteiger partial charge on any atom is 0.268 e. The summed E-state index contributed by atoms with van der Waals surface area (Å²) >= 11 is 0.735. The van der Waals surface area contributed by atoms with Gasteiger partial charge in [0, 0.05) is 6.42 Å². The smallest absolute Gasteiger partial charge is 0.268 e. The summed E-state index contributed by atoms with van der Waals surface area (Å²) in [5.41, 5.74) is 1.64. The Morgan fingerprint density at radius 1 is 1.06 bits per heavy atom. The van der Waals surface area contributed by atoms with E-state index >= 15 is 0 Å². The second-order valence-corrected chi connectivity index (χ2v) is 10.8. The van der Waals surface area contributed by atoms with Gasteiger partial charge in [0.05, 0.1) is 19.0 Å². The van der Waals surface area contributed by atoms with Crippen LogP contribution in [0, 0.1) is 18.3 Å². The van der Waals surface area contributed by atoms with Gasteiger partial charge < -0.3 is 9.47 Å². The zero-order chi connectivity index (χ0) is 25.3. The van der Waals surface area contributed by atoms with Crippen LogP contribution in [0.5, 0.6) is 11.5 Å². The van der Waals surface area contributed by atoms with E-state index < -0.39 is 15.7 Å². The topological polar surface area (TPSA) is 131 Å². The van der Waals surface area contributed by atoms with E-state index in [1.165, 1.54) is 18.6 Å². The Morgan fingerprint density at radius 2 is 1.66 bits per heavy atom. The average Bonchev–Trinajstić information content (AvgIpc) is 3.33. The fraction of sp³-hybridized carbons (Fsp3) is 0.250. The van der Waals surface area contributed by atoms with Crippen LogP contribution < -0.4 is 14.8 Å². The third kappa shape index (κ3) is 7.63. The van der Waals surface area contributed by atoms with E-state index in [0.29, 0.717) is 30.9 Å². The van der Waals surface area contributed by atoms with Crippen LogP contribution in [0.4, 0.5) is 5.13 Å². The number of carbonyl (C=O) groups is 1. The summed E-state index contributed by atoms with van der Waals surface area (Å²) in [6, 6.07) is 16.6. The van der Waals surface area contributed by atoms with Crippen molar-refractivity contribution in [3.8, 4) is 17.6 Å². The number of sulfone groups is 1. The van der Waals surface area contributed by atoms with E-state index in [4.69, 9.17) is 9.47 Å². The highest BCUT2D eigenvalue weighted by Gasteiger charge is 2.19. The van der Waals surface area contributed by atoms with Crippen molar-refractivity contribution < 1.29 is 22.7 Å². The van der Waals surface area contributed by atoms with Gasteiger partial charge in [-0.15, -0.1) is 10.2 Å². The first-order chi connectivity index (χ1) is 16.8. The molecule has 0 saturated carbocycles. The van der Waals surface area contributed by atoms with Crippen molar-refractivity contribution in [2.24, 2.45) is 0 Å². The number of benzene rings is 2. The third-order valence-corrected chi connectivity index (χ3v) is 7.70. The molecular weight excluding hydrogens is 488 g/mol. The summed E-state index contributed by atoms with van der Waals surface area (Å²) in [5.74, 6) is 0.637. The molecule has 11 heteroatoms. The number of aromatic nitrogens is 2. The molecule has 182 valence electrons. The Hall–Kier alpha value is -3.75. The molecule has 3 rings (SSSR count). The summed E-state index contributed by atoms with van der Waals surface area (Å²) < 4.78 is 34.9. The molecule has 0 saturated heterocycles. The summed E-state index contributed by atoms with van der Waals surface area (Å²) in [5, 5.41) is 19.0. The molecule has 1 heterocycles. The van der Waals surface area contributed by atoms with Gasteiger partial charge in [0.2, 0.25) is 19.3 Å². The van der Waals surface area contributed by atoms with E-state index in [0.717, 1.165) is 17.1 Å². The van der Waals surface area contributed by atoms with Gasteiger partial charge in [-0.2, -0.15) is 5.26 Å². The van der Waals surface area contributed by atoms with Crippen molar-refractivity contribution in [3.63, 3.8) is 0 Å². The number of rotatable bonds is 11. The summed E-state index contributed by atoms with van der Waals surface area (Å²) in [4.78, 5) is 12.4. The lowest BCUT2D eigenvalue weighted by atomic mass is 10.1. The predicted octanol–water partition coefficient (Wildman–Crippen LogP) is 4.03. The fourth-order valence-corrected chi connectivity index (χ4v) is 4.71. The maximum absolute atomic E-state index is 12.4. The first-order valence-electron chi connectivity index (χ1n) is 10.7. The molecule has 1 aromatic heterocycles. The first-order valence-corrected chi connectivity index (χ1v) is 13.2. The zero-order valence-corrected chi connectivity index (χ0v) is 20.9. The highest BCUT2D eigenvalue weighted by atomic mass is 32.2. The van der Waals surface area contributed by atoms with Gasteiger partial charge >= 0.3 is 0 Å². The van der Waals surface area contributed by atoms with E-state index in [-0.39, 0.29) is 20.8 Å². The third-order valence-electron chi connectivity index (χ3n) is 4.68. The van der Waals surface area contributed by atoms with Crippen molar-refractivity contribution in [1.82, 2.24) is 10.2 Å². The van der Waals surface area contributed by atoms with Gasteiger partial charge in [0.15, 0.2) is 0 Å². The summed E-state index contributed by atoms with van der Waals surface area (Å²) in [6.45, 7) is 4.52. The Bertz CT molecular complexity index is 1330. The molecule has 0 aliphatic heterocycles. The van der Waals surface area contributed by atoms with Crippen LogP contribution in [0.25, 0.3) is 6.08 Å². The largest absolute Gasteiger partial charge is 0.493 e. The second-order valence-electron chi connectivity index (χ2n) is 7.33. The van der Waals surface area contributed by atoms with E-state index in [9.17, 15) is 18.5 Å². The van der Waals surface area contributed by atoms with Crippen molar-refractivity contribution in [1.29, 1.82) is 5.26 Å². The molecule has 0 aliphatic rings. The van der Waals surface area contributed by atoms with E-state index in [1.54, 1.807) is 24.3 Å². The van der Waals surface area contributed by atoms with Gasteiger partial charge in [0.25, 0.3) is 5.91 Å². The van der Waals surface area contributed by atoms with Gasteiger partial charge in [-0.25, -0.2) is 8.42 Å². The van der Waals surface area contributed by atoms with Gasteiger partial charge in [-0.3, -0.25) is 10.1 Å². The van der Waals surface area contributed by atoms with Crippen LogP contribution in [0.2, 0.25) is 0 Å². The Balaban J connectivity index is 1.50. The number of hydrogen-bond donors (Lipinski definition) is 1. The van der Waals surface area contributed by atoms with Crippen LogP contribution in [0.15, 0.2) is 58.4 Å². The molecule has 0 radical (unpaired) electrons. The van der Waals surface area contributed by atoms with E-state index in [2.05, 4.69) is 15.5 Å². The SMILES string of the molecule is CCS(=O)(=O)c1nnc(NC(=O)C(C#N)=Cc2ccc(OCCCOc3ccc(C)cc3)cc2)s1. The molecule has 1 amide bonds. The average molecular weight is 513 g/mol. The first kappa shape index (κ1) is 25.9. The second kappa shape index (κ2) is 12.1. The summed E-state index contributed by atoms with van der Waals surface area (Å²) in [7, 11) is -3.52. The Kier molecular flexibility index (Phi) is 8.94. The van der Waals surface area contributed by atoms with Crippen LogP contribution in [-0.2, 0) is 14.6 Å². The lowest BCUT2D eigenvalue weighted by Gasteiger charge is -2.08. The maximum atomic E-state index is 12.4. The number of nitrogens with zero attached hydrogens (tertiary/aromatic N) is 3. The molecule has 0 unspecified atom stereocenters. The fourth-order valence-electron chi connectivity index (χ4n) is 2.72. The van der Waals surface area contributed by atoms with Crippen molar-refractivity contribution in [2.75, 3.05) is 24.3 Å². The number of nitriles is 1. The number of aryl methyl sites for hydroxylation is 1. The van der Waals surface area contributed by atoms with E-state index in [1.807, 2.05) is 37.3 Å². The quantitative estimate of drug-likeness (QED) is 0.176. The molecule has 35 heavy (non-hydrogen) atoms. The van der Waals surface area contributed by atoms with Crippen molar-refractivity contribution >= 4 is 38.3 Å². The molecule has 9 nitrogen and oxygen atoms in total. The molecule has 0 atom stereocenters. The molecule has 2 aromatic carbocycles. The van der Waals surface area contributed by atoms with Gasteiger partial charge in [-0.1, -0.05) is 48.1 Å². The number of anilines is 1. The van der Waals surface area contributed by atoms with Crippen LogP contribution in [0.1, 0.15) is 24.5 Å². The minimum Gasteiger partial charge on any atom is -0.493 e. The normalized spacial score (nSPS) is 11.5. The number of amides is 1. The molecule has 0 spiro atoms. The Labute approximate surface area is 208 Å². The highest BCUT2D eigenvalue weighted by Crippen LogP contribution is 2.22. The monoisotopic (exact) mass is 512 g/mol. The molecule has 1 N–H and O–H groups in total. The lowest BCUT2D eigenvalue weighted by Crippen LogP contribution is -2.13. The molecule has 0 bridgehead atoms. The minimum atomic E-state index is -3.52. The minimum absolute atomic E-state index is 0.00159. The number of ether oxygens (including phenoxy) is 2. The molecule has 0 fully saturated rings. The number of nitrogens with one attached hydrogen (secondary N) is 1. The Morgan fingerprint density at radius 3 is 2.23 bits per heavy atom. The zero-order valence-electron chi connectivity index (χ0n) is 19.2. The van der Waals surface area contributed by atoms with Crippen LogP contribution in [-0.4, -0.2) is 43.5 Å². The van der Waals surface area contributed by atoms with Gasteiger partial charge in [0.1, 0.15) is 23.1 Å². The van der Waals surface area contributed by atoms with Crippen LogP contribution in [0.3, 0.4) is 0 Å². The molecular formula is C24H24N4O5S2. The lowest BCUT2D eigenvalue weighted by molar-refractivity contribution is -0.112. The van der Waals surface area contributed by atoms with Gasteiger partial charge in [-0.05, 0) is 42.8 Å². The summed E-state index contributed by atoms with van der Waals surface area (Å²) in [6.07, 6.45) is 2.13. The number of carbonyl (C=O) groups excluding carboxylic acids is 1. The standard InChI is InChI=1S/C24H24N4O5S2/c1-3-35(30,31)24-28-27-23(34-24)26-22(29)19(16-25)15-18-7-11-21(12-8-18)33-14-4-13-32-20-9-5-17(2)6-10-20/h5-12,15H,3-4,13-14H2,1-2H3,(H,26,27,29). The predicted molar refractivity (Wildman–Crippen MR) is 133 cm³/mol.